The largest absolute Gasteiger partial charge is 0.390 e. The van der Waals surface area contributed by atoms with Crippen LogP contribution in [0.25, 0.3) is 10.9 Å². The highest BCUT2D eigenvalue weighted by Crippen LogP contribution is 2.29. The second kappa shape index (κ2) is 7.08. The summed E-state index contributed by atoms with van der Waals surface area (Å²) in [5.74, 6) is 0.430. The van der Waals surface area contributed by atoms with Crippen molar-refractivity contribution in [2.45, 2.75) is 30.8 Å². The summed E-state index contributed by atoms with van der Waals surface area (Å²) in [5.41, 5.74) is 2.24. The van der Waals surface area contributed by atoms with Crippen LogP contribution in [0.2, 0.25) is 0 Å². The second-order valence-electron chi connectivity index (χ2n) is 5.66. The molecule has 0 fully saturated rings. The molecule has 0 radical (unpaired) electrons. The Bertz CT molecular complexity index is 739. The molecular weight excluding hydrogens is 310 g/mol. The Morgan fingerprint density at radius 2 is 2.30 bits per heavy atom. The van der Waals surface area contributed by atoms with E-state index in [9.17, 15) is 4.79 Å². The number of thioether (sulfide) groups is 1. The molecule has 0 spiro atoms. The third-order valence-corrected chi connectivity index (χ3v) is 4.99. The van der Waals surface area contributed by atoms with E-state index in [1.165, 1.54) is 10.9 Å². The van der Waals surface area contributed by atoms with Gasteiger partial charge in [0.1, 0.15) is 6.10 Å². The lowest BCUT2D eigenvalue weighted by Crippen LogP contribution is -2.33. The molecule has 6 heteroatoms. The summed E-state index contributed by atoms with van der Waals surface area (Å²) in [6, 6.07) is 8.22. The van der Waals surface area contributed by atoms with Gasteiger partial charge in [-0.2, -0.15) is 0 Å². The molecule has 0 saturated heterocycles. The van der Waals surface area contributed by atoms with E-state index in [-0.39, 0.29) is 12.0 Å². The minimum absolute atomic E-state index is 0.0172. The lowest BCUT2D eigenvalue weighted by atomic mass is 10.1. The van der Waals surface area contributed by atoms with Gasteiger partial charge in [0.05, 0.1) is 18.0 Å². The average molecular weight is 331 g/mol. The van der Waals surface area contributed by atoms with Crippen LogP contribution in [0.5, 0.6) is 0 Å². The maximum absolute atomic E-state index is 12.0. The van der Waals surface area contributed by atoms with Crippen LogP contribution in [0.4, 0.5) is 0 Å². The maximum Gasteiger partial charge on any atom is 0.230 e. The number of aryl methyl sites for hydroxylation is 1. The van der Waals surface area contributed by atoms with E-state index in [0.29, 0.717) is 12.3 Å². The molecule has 1 aromatic heterocycles. The summed E-state index contributed by atoms with van der Waals surface area (Å²) in [6.07, 6.45) is 3.77. The van der Waals surface area contributed by atoms with Crippen LogP contribution in [0.15, 0.2) is 40.5 Å². The molecule has 0 saturated carbocycles. The van der Waals surface area contributed by atoms with E-state index in [1.54, 1.807) is 11.8 Å². The van der Waals surface area contributed by atoms with Crippen LogP contribution in [0.1, 0.15) is 19.8 Å². The van der Waals surface area contributed by atoms with Crippen LogP contribution >= 0.6 is 11.8 Å². The van der Waals surface area contributed by atoms with Crippen molar-refractivity contribution in [3.8, 4) is 0 Å². The summed E-state index contributed by atoms with van der Waals surface area (Å²) < 4.78 is 2.09. The number of rotatable bonds is 6. The van der Waals surface area contributed by atoms with E-state index in [4.69, 9.17) is 4.84 Å². The van der Waals surface area contributed by atoms with Crippen molar-refractivity contribution in [3.63, 3.8) is 0 Å². The van der Waals surface area contributed by atoms with Gasteiger partial charge in [-0.15, -0.1) is 11.8 Å². The molecule has 1 unspecified atom stereocenters. The first-order chi connectivity index (χ1) is 11.2. The number of para-hydroxylation sites is 1. The maximum atomic E-state index is 12.0. The molecule has 1 amide bonds. The molecule has 2 aromatic rings. The van der Waals surface area contributed by atoms with E-state index in [2.05, 4.69) is 40.3 Å². The number of carbonyl (C=O) groups is 1. The third-order valence-electron chi connectivity index (χ3n) is 3.95. The molecule has 3 rings (SSSR count). The molecule has 122 valence electrons. The molecule has 1 atom stereocenters. The Kier molecular flexibility index (Phi) is 4.91. The molecule has 2 heterocycles. The zero-order valence-corrected chi connectivity index (χ0v) is 14.2. The molecular formula is C17H21N3O2S. The Morgan fingerprint density at radius 3 is 3.09 bits per heavy atom. The number of fused-ring (bicyclic) bond motifs is 1. The minimum Gasteiger partial charge on any atom is -0.390 e. The van der Waals surface area contributed by atoms with Gasteiger partial charge in [0.2, 0.25) is 5.91 Å². The number of nitrogens with one attached hydrogen (secondary N) is 1. The van der Waals surface area contributed by atoms with Crippen molar-refractivity contribution in [3.05, 3.63) is 30.5 Å². The van der Waals surface area contributed by atoms with Crippen molar-refractivity contribution < 1.29 is 9.63 Å². The zero-order valence-electron chi connectivity index (χ0n) is 13.4. The third kappa shape index (κ3) is 3.69. The first-order valence-electron chi connectivity index (χ1n) is 7.82. The molecule has 0 bridgehead atoms. The topological polar surface area (TPSA) is 55.6 Å². The first-order valence-corrected chi connectivity index (χ1v) is 8.81. The zero-order chi connectivity index (χ0) is 16.2. The second-order valence-corrected chi connectivity index (χ2v) is 6.67. The first kappa shape index (κ1) is 15.9. The summed E-state index contributed by atoms with van der Waals surface area (Å²) in [4.78, 5) is 18.5. The van der Waals surface area contributed by atoms with Gasteiger partial charge in [-0.25, -0.2) is 0 Å². The van der Waals surface area contributed by atoms with Gasteiger partial charge in [0.15, 0.2) is 0 Å². The van der Waals surface area contributed by atoms with Crippen LogP contribution in [-0.4, -0.2) is 34.6 Å². The van der Waals surface area contributed by atoms with E-state index in [1.807, 2.05) is 19.2 Å². The number of aromatic nitrogens is 1. The summed E-state index contributed by atoms with van der Waals surface area (Å²) in [7, 11) is 2.02. The quantitative estimate of drug-likeness (QED) is 0.828. The number of hydrogen-bond donors (Lipinski definition) is 1. The Morgan fingerprint density at radius 1 is 1.48 bits per heavy atom. The fraction of sp³-hybridized carbons (Fsp3) is 0.412. The Labute approximate surface area is 140 Å². The Hall–Kier alpha value is -1.95. The highest BCUT2D eigenvalue weighted by Gasteiger charge is 2.20. The predicted molar refractivity (Wildman–Crippen MR) is 93.9 cm³/mol. The highest BCUT2D eigenvalue weighted by atomic mass is 32.2. The van der Waals surface area contributed by atoms with Crippen LogP contribution in [0.3, 0.4) is 0 Å². The fourth-order valence-corrected chi connectivity index (χ4v) is 3.60. The fourth-order valence-electron chi connectivity index (χ4n) is 2.65. The van der Waals surface area contributed by atoms with Crippen molar-refractivity contribution in [2.75, 3.05) is 12.3 Å². The van der Waals surface area contributed by atoms with Gasteiger partial charge >= 0.3 is 0 Å². The smallest absolute Gasteiger partial charge is 0.230 e. The van der Waals surface area contributed by atoms with Crippen molar-refractivity contribution in [1.29, 1.82) is 0 Å². The number of amides is 1. The Balaban J connectivity index is 1.49. The summed E-state index contributed by atoms with van der Waals surface area (Å²) >= 11 is 1.56. The van der Waals surface area contributed by atoms with Gasteiger partial charge in [0, 0.05) is 35.5 Å². The lowest BCUT2D eigenvalue weighted by Gasteiger charge is -2.09. The number of nitrogens with zero attached hydrogens (tertiary/aromatic N) is 2. The molecule has 1 aliphatic rings. The van der Waals surface area contributed by atoms with Gasteiger partial charge in [-0.3, -0.25) is 4.79 Å². The lowest BCUT2D eigenvalue weighted by molar-refractivity contribution is -0.119. The SMILES string of the molecule is CCC1=NOC(CNC(=O)CSc2cn(C)c3ccccc23)C1. The number of benzene rings is 1. The van der Waals surface area contributed by atoms with E-state index in [0.717, 1.165) is 23.4 Å². The van der Waals surface area contributed by atoms with Crippen molar-refractivity contribution in [2.24, 2.45) is 12.2 Å². The predicted octanol–water partition coefficient (Wildman–Crippen LogP) is 2.94. The van der Waals surface area contributed by atoms with Crippen LogP contribution in [0, 0.1) is 0 Å². The molecule has 5 nitrogen and oxygen atoms in total. The van der Waals surface area contributed by atoms with Gasteiger partial charge in [0.25, 0.3) is 0 Å². The van der Waals surface area contributed by atoms with Crippen molar-refractivity contribution >= 4 is 34.3 Å². The standard InChI is InChI=1S/C17H21N3O2S/c1-3-12-8-13(22-19-12)9-18-17(21)11-23-16-10-20(2)15-7-5-4-6-14(15)16/h4-7,10,13H,3,8-9,11H2,1-2H3,(H,18,21). The van der Waals surface area contributed by atoms with Gasteiger partial charge in [-0.1, -0.05) is 30.3 Å². The van der Waals surface area contributed by atoms with Gasteiger partial charge in [-0.05, 0) is 12.5 Å². The number of hydrogen-bond acceptors (Lipinski definition) is 4. The minimum atomic E-state index is -0.0172. The molecule has 0 aliphatic carbocycles. The van der Waals surface area contributed by atoms with E-state index >= 15 is 0 Å². The molecule has 1 N–H and O–H groups in total. The highest BCUT2D eigenvalue weighted by molar-refractivity contribution is 8.00. The van der Waals surface area contributed by atoms with Crippen LogP contribution < -0.4 is 5.32 Å². The van der Waals surface area contributed by atoms with E-state index < -0.39 is 0 Å². The van der Waals surface area contributed by atoms with Gasteiger partial charge < -0.3 is 14.7 Å². The monoisotopic (exact) mass is 331 g/mol. The summed E-state index contributed by atoms with van der Waals surface area (Å²) in [6.45, 7) is 2.58. The molecule has 1 aromatic carbocycles. The average Bonchev–Trinajstić information content (AvgIpc) is 3.16. The van der Waals surface area contributed by atoms with Crippen LogP contribution in [-0.2, 0) is 16.7 Å². The normalized spacial score (nSPS) is 17.1. The molecule has 23 heavy (non-hydrogen) atoms. The molecule has 1 aliphatic heterocycles. The summed E-state index contributed by atoms with van der Waals surface area (Å²) in [5, 5.41) is 8.12. The number of carbonyl (C=O) groups excluding carboxylic acids is 1. The number of oxime groups is 1. The van der Waals surface area contributed by atoms with Crippen molar-refractivity contribution in [1.82, 2.24) is 9.88 Å².